The Morgan fingerprint density at radius 2 is 1.78 bits per heavy atom. The van der Waals surface area contributed by atoms with Gasteiger partial charge in [0.1, 0.15) is 6.54 Å². The van der Waals surface area contributed by atoms with E-state index in [-0.39, 0.29) is 29.1 Å². The van der Waals surface area contributed by atoms with Gasteiger partial charge in [-0.25, -0.2) is 8.42 Å². The summed E-state index contributed by atoms with van der Waals surface area (Å²) >= 11 is 6.00. The van der Waals surface area contributed by atoms with Crippen LogP contribution in [-0.2, 0) is 14.8 Å². The number of carbonyl (C=O) groups is 1. The average molecular weight is 479 g/mol. The molecule has 4 rings (SSSR count). The van der Waals surface area contributed by atoms with Crippen LogP contribution in [0.25, 0.3) is 0 Å². The summed E-state index contributed by atoms with van der Waals surface area (Å²) in [5.41, 5.74) is 0.354. The summed E-state index contributed by atoms with van der Waals surface area (Å²) in [6.07, 6.45) is 4.47. The first-order valence-corrected chi connectivity index (χ1v) is 12.4. The molecule has 2 aromatic rings. The maximum Gasteiger partial charge on any atom is 0.264 e. The van der Waals surface area contributed by atoms with E-state index < -0.39 is 10.0 Å². The van der Waals surface area contributed by atoms with E-state index in [9.17, 15) is 13.2 Å². The zero-order chi connectivity index (χ0) is 22.9. The van der Waals surface area contributed by atoms with E-state index in [1.807, 2.05) is 0 Å². The lowest BCUT2D eigenvalue weighted by Crippen LogP contribution is -2.46. The molecule has 0 aliphatic heterocycles. The minimum Gasteiger partial charge on any atom is -0.493 e. The summed E-state index contributed by atoms with van der Waals surface area (Å²) in [4.78, 5) is 12.9. The maximum absolute atomic E-state index is 13.6. The molecular weight excluding hydrogens is 452 g/mol. The highest BCUT2D eigenvalue weighted by molar-refractivity contribution is 7.92. The van der Waals surface area contributed by atoms with Gasteiger partial charge in [-0.15, -0.1) is 0 Å². The number of nitrogens with zero attached hydrogens (tertiary/aromatic N) is 1. The molecule has 0 radical (unpaired) electrons. The molecule has 0 unspecified atom stereocenters. The Labute approximate surface area is 193 Å². The molecule has 32 heavy (non-hydrogen) atoms. The van der Waals surface area contributed by atoms with Crippen molar-refractivity contribution in [1.29, 1.82) is 0 Å². The minimum atomic E-state index is -4.07. The van der Waals surface area contributed by atoms with E-state index in [0.29, 0.717) is 28.3 Å². The predicted octanol–water partition coefficient (Wildman–Crippen LogP) is 3.86. The number of rotatable bonds is 8. The van der Waals surface area contributed by atoms with Crippen LogP contribution in [0.1, 0.15) is 25.7 Å². The lowest BCUT2D eigenvalue weighted by atomic mass is 9.95. The van der Waals surface area contributed by atoms with E-state index in [2.05, 4.69) is 5.32 Å². The van der Waals surface area contributed by atoms with Crippen molar-refractivity contribution < 1.29 is 22.7 Å². The molecule has 1 N–H and O–H groups in total. The van der Waals surface area contributed by atoms with E-state index in [0.717, 1.165) is 23.6 Å². The standard InChI is InChI=1S/C23H27ClN2O5S/c1-30-21-10-9-19(13-22(21)31-2)32(28,29)26(18-7-5-17(24)6-8-18)14-23(27)25-20-12-15-3-4-16(20)11-15/h5-10,13,15-16,20H,3-4,11-12,14H2,1-2H3,(H,25,27)/t15-,16-,20+/m0/s1. The number of hydrogen-bond donors (Lipinski definition) is 1. The first-order chi connectivity index (χ1) is 15.3. The van der Waals surface area contributed by atoms with Gasteiger partial charge in [0, 0.05) is 17.1 Å². The number of halogens is 1. The van der Waals surface area contributed by atoms with Gasteiger partial charge in [0.2, 0.25) is 5.91 Å². The molecule has 9 heteroatoms. The molecular formula is C23H27ClN2O5S. The lowest BCUT2D eigenvalue weighted by Gasteiger charge is -2.27. The van der Waals surface area contributed by atoms with Crippen molar-refractivity contribution in [3.05, 3.63) is 47.5 Å². The minimum absolute atomic E-state index is 0.00202. The lowest BCUT2D eigenvalue weighted by molar-refractivity contribution is -0.120. The predicted molar refractivity (Wildman–Crippen MR) is 123 cm³/mol. The Hall–Kier alpha value is -2.45. The van der Waals surface area contributed by atoms with Gasteiger partial charge < -0.3 is 14.8 Å². The van der Waals surface area contributed by atoms with Crippen LogP contribution in [-0.4, -0.2) is 41.1 Å². The smallest absolute Gasteiger partial charge is 0.264 e. The molecule has 0 heterocycles. The molecule has 1 amide bonds. The Morgan fingerprint density at radius 3 is 2.38 bits per heavy atom. The van der Waals surface area contributed by atoms with Crippen LogP contribution in [0.2, 0.25) is 5.02 Å². The van der Waals surface area contributed by atoms with Gasteiger partial charge in [-0.05, 0) is 67.5 Å². The number of benzene rings is 2. The second-order valence-corrected chi connectivity index (χ2v) is 10.7. The van der Waals surface area contributed by atoms with E-state index >= 15 is 0 Å². The van der Waals surface area contributed by atoms with Crippen LogP contribution in [0.5, 0.6) is 11.5 Å². The van der Waals surface area contributed by atoms with Crippen LogP contribution in [0.15, 0.2) is 47.4 Å². The van der Waals surface area contributed by atoms with E-state index in [4.69, 9.17) is 21.1 Å². The highest BCUT2D eigenvalue weighted by Crippen LogP contribution is 2.44. The molecule has 172 valence electrons. The number of anilines is 1. The molecule has 2 bridgehead atoms. The topological polar surface area (TPSA) is 84.9 Å². The third kappa shape index (κ3) is 4.52. The van der Waals surface area contributed by atoms with Gasteiger partial charge in [-0.1, -0.05) is 18.0 Å². The second-order valence-electron chi connectivity index (χ2n) is 8.35. The van der Waals surface area contributed by atoms with Gasteiger partial charge >= 0.3 is 0 Å². The summed E-state index contributed by atoms with van der Waals surface area (Å²) in [5, 5.41) is 3.55. The molecule has 0 aromatic heterocycles. The first kappa shape index (κ1) is 22.7. The molecule has 2 aromatic carbocycles. The van der Waals surface area contributed by atoms with E-state index in [1.54, 1.807) is 24.3 Å². The van der Waals surface area contributed by atoms with Crippen LogP contribution < -0.4 is 19.1 Å². The van der Waals surface area contributed by atoms with Crippen LogP contribution in [0, 0.1) is 11.8 Å². The summed E-state index contributed by atoms with van der Waals surface area (Å²) in [6, 6.07) is 10.9. The Balaban J connectivity index is 1.63. The molecule has 0 saturated heterocycles. The number of sulfonamides is 1. The molecule has 2 saturated carbocycles. The van der Waals surface area contributed by atoms with Crippen LogP contribution in [0.3, 0.4) is 0 Å². The van der Waals surface area contributed by atoms with E-state index in [1.165, 1.54) is 38.8 Å². The third-order valence-corrected chi connectivity index (χ3v) is 8.45. The normalized spacial score (nSPS) is 21.9. The molecule has 2 aliphatic rings. The van der Waals surface area contributed by atoms with Crippen molar-refractivity contribution in [1.82, 2.24) is 5.32 Å². The molecule has 2 fully saturated rings. The van der Waals surface area contributed by atoms with Crippen LogP contribution in [0.4, 0.5) is 5.69 Å². The number of hydrogen-bond acceptors (Lipinski definition) is 5. The van der Waals surface area contributed by atoms with Crippen molar-refractivity contribution in [3.8, 4) is 11.5 Å². The number of ether oxygens (including phenoxy) is 2. The maximum atomic E-state index is 13.6. The number of nitrogens with one attached hydrogen (secondary N) is 1. The fourth-order valence-corrected chi connectivity index (χ4v) is 6.39. The van der Waals surface area contributed by atoms with Crippen molar-refractivity contribution in [2.45, 2.75) is 36.6 Å². The first-order valence-electron chi connectivity index (χ1n) is 10.6. The largest absolute Gasteiger partial charge is 0.493 e. The summed E-state index contributed by atoms with van der Waals surface area (Å²) in [7, 11) is -1.15. The zero-order valence-electron chi connectivity index (χ0n) is 18.1. The SMILES string of the molecule is COc1ccc(S(=O)(=O)N(CC(=O)N[C@@H]2C[C@H]3CC[C@H]2C3)c2ccc(Cl)cc2)cc1OC. The fourth-order valence-electron chi connectivity index (χ4n) is 4.83. The molecule has 0 spiro atoms. The van der Waals surface area contributed by atoms with Gasteiger partial charge in [-0.2, -0.15) is 0 Å². The van der Waals surface area contributed by atoms with Crippen molar-refractivity contribution in [3.63, 3.8) is 0 Å². The van der Waals surface area contributed by atoms with Gasteiger partial charge in [0.15, 0.2) is 11.5 Å². The highest BCUT2D eigenvalue weighted by Gasteiger charge is 2.40. The van der Waals surface area contributed by atoms with Gasteiger partial charge in [0.25, 0.3) is 10.0 Å². The average Bonchev–Trinajstić information content (AvgIpc) is 3.41. The molecule has 3 atom stereocenters. The van der Waals surface area contributed by atoms with Gasteiger partial charge in [-0.3, -0.25) is 9.10 Å². The number of fused-ring (bicyclic) bond motifs is 2. The van der Waals surface area contributed by atoms with Crippen LogP contribution >= 0.6 is 11.6 Å². The molecule has 2 aliphatic carbocycles. The molecule has 7 nitrogen and oxygen atoms in total. The third-order valence-electron chi connectivity index (χ3n) is 6.43. The Bertz CT molecular complexity index is 1090. The second kappa shape index (κ2) is 9.19. The Kier molecular flexibility index (Phi) is 6.53. The van der Waals surface area contributed by atoms with Gasteiger partial charge in [0.05, 0.1) is 24.8 Å². The number of amides is 1. The van der Waals surface area contributed by atoms with Crippen molar-refractivity contribution in [2.75, 3.05) is 25.1 Å². The highest BCUT2D eigenvalue weighted by atomic mass is 35.5. The zero-order valence-corrected chi connectivity index (χ0v) is 19.7. The van der Waals surface area contributed by atoms with Crippen molar-refractivity contribution in [2.24, 2.45) is 11.8 Å². The Morgan fingerprint density at radius 1 is 1.06 bits per heavy atom. The quantitative estimate of drug-likeness (QED) is 0.622. The summed E-state index contributed by atoms with van der Waals surface area (Å²) < 4.78 is 38.8. The fraction of sp³-hybridized carbons (Fsp3) is 0.435. The number of methoxy groups -OCH3 is 2. The summed E-state index contributed by atoms with van der Waals surface area (Å²) in [6.45, 7) is -0.327. The number of carbonyl (C=O) groups excluding carboxylic acids is 1. The van der Waals surface area contributed by atoms with Crippen molar-refractivity contribution >= 4 is 33.2 Å². The summed E-state index contributed by atoms with van der Waals surface area (Å²) in [5.74, 6) is 1.56. The monoisotopic (exact) mass is 478 g/mol.